The van der Waals surface area contributed by atoms with Gasteiger partial charge in [-0.1, -0.05) is 187 Å². The Morgan fingerprint density at radius 3 is 1.49 bits per heavy atom. The zero-order valence-electron chi connectivity index (χ0n) is 41.3. The first-order valence-electron chi connectivity index (χ1n) is 25.4. The van der Waals surface area contributed by atoms with Crippen LogP contribution in [0.15, 0.2) is 209 Å². The van der Waals surface area contributed by atoms with Gasteiger partial charge in [0.05, 0.1) is 0 Å². The lowest BCUT2D eigenvalue weighted by atomic mass is 9.72. The van der Waals surface area contributed by atoms with Gasteiger partial charge in [-0.2, -0.15) is 0 Å². The number of para-hydroxylation sites is 3. The summed E-state index contributed by atoms with van der Waals surface area (Å²) in [6.07, 6.45) is 0. The molecule has 0 saturated carbocycles. The molecule has 0 atom stereocenters. The van der Waals surface area contributed by atoms with Crippen molar-refractivity contribution in [1.29, 1.82) is 0 Å². The molecule has 2 aromatic heterocycles. The fraction of sp³-hybridized carbons (Fsp3) is 0.130. The van der Waals surface area contributed by atoms with Gasteiger partial charge in [-0.15, -0.1) is 0 Å². The van der Waals surface area contributed by atoms with E-state index in [0.717, 1.165) is 55.9 Å². The van der Waals surface area contributed by atoms with E-state index in [2.05, 4.69) is 247 Å². The van der Waals surface area contributed by atoms with Gasteiger partial charge in [-0.3, -0.25) is 0 Å². The highest BCUT2D eigenvalue weighted by Crippen LogP contribution is 2.64. The van der Waals surface area contributed by atoms with E-state index in [-0.39, 0.29) is 16.2 Å². The van der Waals surface area contributed by atoms with E-state index in [1.165, 1.54) is 94.0 Å². The van der Waals surface area contributed by atoms with Gasteiger partial charge in [-0.05, 0) is 132 Å². The quantitative estimate of drug-likeness (QED) is 0.172. The number of hydrogen-bond donors (Lipinski definition) is 0. The van der Waals surface area contributed by atoms with Crippen LogP contribution in [0.2, 0.25) is 0 Å². The monoisotopic (exact) mass is 925 g/mol. The number of benzene rings is 10. The molecule has 12 aromatic rings. The van der Waals surface area contributed by atoms with Gasteiger partial charge >= 0.3 is 0 Å². The Bertz CT molecular complexity index is 4280. The highest BCUT2D eigenvalue weighted by Gasteiger charge is 2.49. The molecule has 0 saturated heterocycles. The lowest BCUT2D eigenvalue weighted by molar-refractivity contribution is 0.600. The van der Waals surface area contributed by atoms with Gasteiger partial charge in [0.15, 0.2) is 0 Å². The molecule has 0 fully saturated rings. The summed E-state index contributed by atoms with van der Waals surface area (Å²) in [7, 11) is 0. The highest BCUT2D eigenvalue weighted by molar-refractivity contribution is 6.21. The average molecular weight is 926 g/mol. The van der Waals surface area contributed by atoms with Crippen LogP contribution in [0.3, 0.4) is 0 Å². The molecule has 3 heteroatoms. The second kappa shape index (κ2) is 14.4. The Balaban J connectivity index is 0.912. The van der Waals surface area contributed by atoms with Crippen molar-refractivity contribution in [3.63, 3.8) is 0 Å². The SMILES string of the molecule is CC1(C)c2cc(N(c3ccccc3)c3ccc4c(c3)C(C)(C)c3c5c(c6oc7ccccc7c6c3-4)-c3ccccc3C5(C)C)ccc2-c2c1cc(-c1ccc(-c3ccccc3)cc1)c1oc3ccccc3c21. The second-order valence-electron chi connectivity index (χ2n) is 21.9. The van der Waals surface area contributed by atoms with Crippen molar-refractivity contribution in [2.45, 2.75) is 57.8 Å². The molecule has 0 bridgehead atoms. The summed E-state index contributed by atoms with van der Waals surface area (Å²) >= 11 is 0. The zero-order valence-corrected chi connectivity index (χ0v) is 41.3. The molecular formula is C69H51NO2. The molecule has 72 heavy (non-hydrogen) atoms. The van der Waals surface area contributed by atoms with Crippen LogP contribution in [0.4, 0.5) is 17.1 Å². The third-order valence-electron chi connectivity index (χ3n) is 17.0. The zero-order chi connectivity index (χ0) is 48.4. The standard InChI is InChI=1S/C69H51NO2/c1-67(2)53-37-44(33-35-47(53)58-55(67)39-51(65-60(58)49-24-14-17-27-56(49)71-65)42-31-29-41(30-32-42)40-19-9-7-10-20-40)70(43-21-11-8-12-22-43)45-34-36-48-54(38-45)69(5,6)63-59(48)61-50-25-15-18-28-57(50)72-66(61)62-46-23-13-16-26-52(46)68(3,4)64(62)63/h7-39H,1-6H3. The molecule has 344 valence electrons. The van der Waals surface area contributed by atoms with Crippen LogP contribution in [-0.2, 0) is 16.2 Å². The molecule has 0 radical (unpaired) electrons. The fourth-order valence-corrected chi connectivity index (χ4v) is 13.6. The van der Waals surface area contributed by atoms with E-state index >= 15 is 0 Å². The van der Waals surface area contributed by atoms with E-state index < -0.39 is 0 Å². The fourth-order valence-electron chi connectivity index (χ4n) is 13.6. The van der Waals surface area contributed by atoms with Crippen LogP contribution in [0, 0.1) is 0 Å². The molecule has 0 amide bonds. The molecule has 0 N–H and O–H groups in total. The topological polar surface area (TPSA) is 29.5 Å². The third-order valence-corrected chi connectivity index (χ3v) is 17.0. The lowest BCUT2D eigenvalue weighted by Gasteiger charge is -2.32. The third kappa shape index (κ3) is 5.40. The Hall–Kier alpha value is -8.40. The molecule has 0 spiro atoms. The van der Waals surface area contributed by atoms with Crippen LogP contribution in [0.25, 0.3) is 99.5 Å². The van der Waals surface area contributed by atoms with Gasteiger partial charge in [0.2, 0.25) is 0 Å². The van der Waals surface area contributed by atoms with Crippen molar-refractivity contribution in [1.82, 2.24) is 0 Å². The van der Waals surface area contributed by atoms with E-state index in [1.54, 1.807) is 0 Å². The second-order valence-corrected chi connectivity index (χ2v) is 21.9. The first kappa shape index (κ1) is 41.4. The first-order valence-corrected chi connectivity index (χ1v) is 25.4. The maximum atomic E-state index is 6.98. The summed E-state index contributed by atoms with van der Waals surface area (Å²) in [5, 5.41) is 4.72. The smallest absolute Gasteiger partial charge is 0.144 e. The minimum absolute atomic E-state index is 0.224. The Morgan fingerprint density at radius 1 is 0.319 bits per heavy atom. The van der Waals surface area contributed by atoms with Gasteiger partial charge in [0.25, 0.3) is 0 Å². The molecule has 3 aliphatic rings. The predicted octanol–water partition coefficient (Wildman–Crippen LogP) is 19.2. The van der Waals surface area contributed by atoms with E-state index in [1.807, 2.05) is 0 Å². The maximum Gasteiger partial charge on any atom is 0.144 e. The van der Waals surface area contributed by atoms with Gasteiger partial charge in [-0.25, -0.2) is 0 Å². The number of hydrogen-bond acceptors (Lipinski definition) is 3. The van der Waals surface area contributed by atoms with Crippen molar-refractivity contribution in [2.24, 2.45) is 0 Å². The summed E-state index contributed by atoms with van der Waals surface area (Å²) in [6, 6.07) is 73.5. The van der Waals surface area contributed by atoms with E-state index in [9.17, 15) is 0 Å². The number of furan rings is 2. The van der Waals surface area contributed by atoms with Crippen molar-refractivity contribution in [3.05, 3.63) is 234 Å². The maximum absolute atomic E-state index is 6.98. The molecule has 0 aliphatic heterocycles. The van der Waals surface area contributed by atoms with Crippen molar-refractivity contribution < 1.29 is 8.83 Å². The van der Waals surface area contributed by atoms with Crippen molar-refractivity contribution in [2.75, 3.05) is 4.90 Å². The average Bonchev–Trinajstić information content (AvgIpc) is 4.17. The van der Waals surface area contributed by atoms with Crippen molar-refractivity contribution in [3.8, 4) is 55.6 Å². The summed E-state index contributed by atoms with van der Waals surface area (Å²) in [6.45, 7) is 14.5. The highest BCUT2D eigenvalue weighted by atomic mass is 16.3. The lowest BCUT2D eigenvalue weighted by Crippen LogP contribution is -2.24. The van der Waals surface area contributed by atoms with Crippen LogP contribution in [0.5, 0.6) is 0 Å². The summed E-state index contributed by atoms with van der Waals surface area (Å²) in [5.41, 5.74) is 26.7. The predicted molar refractivity (Wildman–Crippen MR) is 299 cm³/mol. The molecule has 15 rings (SSSR count). The molecular weight excluding hydrogens is 875 g/mol. The minimum Gasteiger partial charge on any atom is -0.455 e. The summed E-state index contributed by atoms with van der Waals surface area (Å²) < 4.78 is 13.9. The van der Waals surface area contributed by atoms with Gasteiger partial charge < -0.3 is 13.7 Å². The van der Waals surface area contributed by atoms with E-state index in [0.29, 0.717) is 0 Å². The van der Waals surface area contributed by atoms with Crippen LogP contribution < -0.4 is 4.90 Å². The van der Waals surface area contributed by atoms with Crippen molar-refractivity contribution >= 4 is 60.9 Å². The van der Waals surface area contributed by atoms with Crippen LogP contribution in [0.1, 0.15) is 74.9 Å². The number of nitrogens with zero attached hydrogens (tertiary/aromatic N) is 1. The van der Waals surface area contributed by atoms with E-state index in [4.69, 9.17) is 8.83 Å². The first-order chi connectivity index (χ1) is 35.0. The molecule has 10 aromatic carbocycles. The van der Waals surface area contributed by atoms with Crippen LogP contribution >= 0.6 is 0 Å². The normalized spacial score (nSPS) is 15.1. The van der Waals surface area contributed by atoms with Crippen LogP contribution in [-0.4, -0.2) is 0 Å². The Labute approximate surface area is 419 Å². The summed E-state index contributed by atoms with van der Waals surface area (Å²) in [4.78, 5) is 2.47. The summed E-state index contributed by atoms with van der Waals surface area (Å²) in [5.74, 6) is 0. The number of rotatable bonds is 5. The number of fused-ring (bicyclic) bond motifs is 19. The Kier molecular flexibility index (Phi) is 8.26. The molecule has 2 heterocycles. The number of anilines is 3. The Morgan fingerprint density at radius 2 is 0.806 bits per heavy atom. The largest absolute Gasteiger partial charge is 0.455 e. The van der Waals surface area contributed by atoms with Gasteiger partial charge in [0.1, 0.15) is 22.3 Å². The minimum atomic E-state index is -0.321. The molecule has 3 nitrogen and oxygen atoms in total. The molecule has 0 unspecified atom stereocenters. The van der Waals surface area contributed by atoms with Gasteiger partial charge in [0, 0.05) is 66.0 Å². The molecule has 3 aliphatic carbocycles.